The molecule has 0 amide bonds. The third kappa shape index (κ3) is 4.19. The first kappa shape index (κ1) is 14.8. The van der Waals surface area contributed by atoms with E-state index >= 15 is 0 Å². The van der Waals surface area contributed by atoms with Crippen LogP contribution in [0.25, 0.3) is 0 Å². The van der Waals surface area contributed by atoms with Crippen LogP contribution in [0.15, 0.2) is 24.3 Å². The predicted octanol–water partition coefficient (Wildman–Crippen LogP) is 2.49. The van der Waals surface area contributed by atoms with Crippen LogP contribution in [0.1, 0.15) is 12.5 Å². The highest BCUT2D eigenvalue weighted by Crippen LogP contribution is 2.25. The van der Waals surface area contributed by atoms with Crippen LogP contribution in [0.2, 0.25) is 0 Å². The number of ether oxygens (including phenoxy) is 2. The van der Waals surface area contributed by atoms with Crippen molar-refractivity contribution in [2.24, 2.45) is 5.73 Å². The molecule has 0 heterocycles. The van der Waals surface area contributed by atoms with E-state index in [-0.39, 0.29) is 6.61 Å². The topological polar surface area (TPSA) is 44.5 Å². The molecule has 6 heteroatoms. The summed E-state index contributed by atoms with van der Waals surface area (Å²) in [5.74, 6) is 0.637. The summed E-state index contributed by atoms with van der Waals surface area (Å²) in [5.41, 5.74) is 5.90. The van der Waals surface area contributed by atoms with Gasteiger partial charge in [-0.1, -0.05) is 12.1 Å². The Labute approximate surface area is 104 Å². The molecule has 102 valence electrons. The molecular weight excluding hydrogens is 247 g/mol. The maximum Gasteiger partial charge on any atom is 0.416 e. The van der Waals surface area contributed by atoms with E-state index in [1.165, 1.54) is 14.0 Å². The molecule has 0 aliphatic heterocycles. The quantitative estimate of drug-likeness (QED) is 0.887. The van der Waals surface area contributed by atoms with Gasteiger partial charge in [-0.25, -0.2) is 0 Å². The molecule has 1 rings (SSSR count). The molecule has 18 heavy (non-hydrogen) atoms. The molecule has 0 spiro atoms. The van der Waals surface area contributed by atoms with Crippen LogP contribution >= 0.6 is 0 Å². The summed E-state index contributed by atoms with van der Waals surface area (Å²) in [6, 6.07) is 5.50. The second-order valence-electron chi connectivity index (χ2n) is 3.98. The van der Waals surface area contributed by atoms with Crippen LogP contribution < -0.4 is 10.5 Å². The Balaban J connectivity index is 2.61. The largest absolute Gasteiger partial charge is 0.497 e. The summed E-state index contributed by atoms with van der Waals surface area (Å²) in [6.07, 6.45) is -6.42. The van der Waals surface area contributed by atoms with Gasteiger partial charge in [0.15, 0.2) is 6.10 Å². The number of alkyl halides is 3. The van der Waals surface area contributed by atoms with Gasteiger partial charge in [0.2, 0.25) is 0 Å². The molecule has 0 bridgehead atoms. The standard InChI is InChI=1S/C12H16F3NO2/c1-8(16)11(12(13,14)15)18-7-9-3-5-10(17-2)6-4-9/h3-6,8,11H,7,16H2,1-2H3. The number of nitrogens with two attached hydrogens (primary N) is 1. The predicted molar refractivity (Wildman–Crippen MR) is 61.3 cm³/mol. The second kappa shape index (κ2) is 6.06. The van der Waals surface area contributed by atoms with Crippen LogP contribution in [0.3, 0.4) is 0 Å². The van der Waals surface area contributed by atoms with Gasteiger partial charge in [-0.05, 0) is 24.6 Å². The van der Waals surface area contributed by atoms with Gasteiger partial charge >= 0.3 is 6.18 Å². The highest BCUT2D eigenvalue weighted by molar-refractivity contribution is 5.26. The van der Waals surface area contributed by atoms with Crippen LogP contribution in [0.4, 0.5) is 13.2 Å². The molecule has 0 aliphatic rings. The van der Waals surface area contributed by atoms with E-state index in [9.17, 15) is 13.2 Å². The van der Waals surface area contributed by atoms with Crippen LogP contribution in [-0.2, 0) is 11.3 Å². The van der Waals surface area contributed by atoms with Crippen molar-refractivity contribution in [1.82, 2.24) is 0 Å². The zero-order valence-electron chi connectivity index (χ0n) is 10.2. The summed E-state index contributed by atoms with van der Waals surface area (Å²) in [5, 5.41) is 0. The Hall–Kier alpha value is -1.27. The summed E-state index contributed by atoms with van der Waals surface area (Å²) < 4.78 is 47.5. The Morgan fingerprint density at radius 3 is 2.17 bits per heavy atom. The van der Waals surface area contributed by atoms with Gasteiger partial charge in [0.05, 0.1) is 13.7 Å². The van der Waals surface area contributed by atoms with Gasteiger partial charge in [0.1, 0.15) is 5.75 Å². The fourth-order valence-corrected chi connectivity index (χ4v) is 1.45. The normalized spacial score (nSPS) is 15.2. The summed E-state index contributed by atoms with van der Waals surface area (Å²) in [4.78, 5) is 0. The van der Waals surface area contributed by atoms with Crippen molar-refractivity contribution >= 4 is 0 Å². The lowest BCUT2D eigenvalue weighted by Crippen LogP contribution is -2.45. The molecule has 0 aliphatic carbocycles. The zero-order valence-corrected chi connectivity index (χ0v) is 10.2. The summed E-state index contributed by atoms with van der Waals surface area (Å²) in [7, 11) is 1.52. The van der Waals surface area contributed by atoms with E-state index in [0.717, 1.165) is 0 Å². The molecular formula is C12H16F3NO2. The van der Waals surface area contributed by atoms with Gasteiger partial charge in [-0.3, -0.25) is 0 Å². The molecule has 1 aromatic carbocycles. The fraction of sp³-hybridized carbons (Fsp3) is 0.500. The third-order valence-corrected chi connectivity index (χ3v) is 2.39. The maximum atomic E-state index is 12.6. The third-order valence-electron chi connectivity index (χ3n) is 2.39. The molecule has 2 atom stereocenters. The van der Waals surface area contributed by atoms with E-state index in [1.54, 1.807) is 24.3 Å². The van der Waals surface area contributed by atoms with Gasteiger partial charge < -0.3 is 15.2 Å². The minimum absolute atomic E-state index is 0.143. The second-order valence-corrected chi connectivity index (χ2v) is 3.98. The molecule has 0 saturated carbocycles. The SMILES string of the molecule is COc1ccc(COC(C(C)N)C(F)(F)F)cc1. The van der Waals surface area contributed by atoms with E-state index in [1.807, 2.05) is 0 Å². The van der Waals surface area contributed by atoms with Crippen molar-refractivity contribution in [2.45, 2.75) is 31.9 Å². The average molecular weight is 263 g/mol. The van der Waals surface area contributed by atoms with E-state index < -0.39 is 18.3 Å². The number of hydrogen-bond donors (Lipinski definition) is 1. The number of benzene rings is 1. The maximum absolute atomic E-state index is 12.6. The molecule has 2 N–H and O–H groups in total. The smallest absolute Gasteiger partial charge is 0.416 e. The highest BCUT2D eigenvalue weighted by atomic mass is 19.4. The Morgan fingerprint density at radius 1 is 1.22 bits per heavy atom. The Kier molecular flexibility index (Phi) is 4.98. The lowest BCUT2D eigenvalue weighted by atomic mass is 10.2. The zero-order chi connectivity index (χ0) is 13.8. The molecule has 1 aromatic rings. The highest BCUT2D eigenvalue weighted by Gasteiger charge is 2.43. The first-order valence-electron chi connectivity index (χ1n) is 5.41. The van der Waals surface area contributed by atoms with Gasteiger partial charge in [0.25, 0.3) is 0 Å². The molecule has 3 nitrogen and oxygen atoms in total. The van der Waals surface area contributed by atoms with Crippen molar-refractivity contribution in [2.75, 3.05) is 7.11 Å². The minimum atomic E-state index is -4.46. The van der Waals surface area contributed by atoms with Crippen LogP contribution in [0.5, 0.6) is 5.75 Å². The number of methoxy groups -OCH3 is 1. The lowest BCUT2D eigenvalue weighted by Gasteiger charge is -2.23. The van der Waals surface area contributed by atoms with Gasteiger partial charge in [-0.15, -0.1) is 0 Å². The van der Waals surface area contributed by atoms with Gasteiger partial charge in [0, 0.05) is 6.04 Å². The lowest BCUT2D eigenvalue weighted by molar-refractivity contribution is -0.228. The molecule has 0 aromatic heterocycles. The summed E-state index contributed by atoms with van der Waals surface area (Å²) >= 11 is 0. The monoisotopic (exact) mass is 263 g/mol. The van der Waals surface area contributed by atoms with Crippen molar-refractivity contribution < 1.29 is 22.6 Å². The van der Waals surface area contributed by atoms with E-state index in [4.69, 9.17) is 15.2 Å². The van der Waals surface area contributed by atoms with Crippen molar-refractivity contribution in [3.8, 4) is 5.75 Å². The van der Waals surface area contributed by atoms with Gasteiger partial charge in [-0.2, -0.15) is 13.2 Å². The molecule has 0 radical (unpaired) electrons. The van der Waals surface area contributed by atoms with Crippen LogP contribution in [0, 0.1) is 0 Å². The number of halogens is 3. The molecule has 0 fully saturated rings. The van der Waals surface area contributed by atoms with Crippen molar-refractivity contribution in [3.63, 3.8) is 0 Å². The molecule has 2 unspecified atom stereocenters. The number of rotatable bonds is 5. The first-order valence-corrected chi connectivity index (χ1v) is 5.41. The Morgan fingerprint density at radius 2 is 1.78 bits per heavy atom. The Bertz CT molecular complexity index is 363. The number of hydrogen-bond acceptors (Lipinski definition) is 3. The van der Waals surface area contributed by atoms with Crippen LogP contribution in [-0.4, -0.2) is 25.4 Å². The average Bonchev–Trinajstić information content (AvgIpc) is 2.28. The fourth-order valence-electron chi connectivity index (χ4n) is 1.45. The van der Waals surface area contributed by atoms with E-state index in [2.05, 4.69) is 0 Å². The van der Waals surface area contributed by atoms with E-state index in [0.29, 0.717) is 11.3 Å². The van der Waals surface area contributed by atoms with Crippen molar-refractivity contribution in [1.29, 1.82) is 0 Å². The van der Waals surface area contributed by atoms with Crippen molar-refractivity contribution in [3.05, 3.63) is 29.8 Å². The first-order chi connectivity index (χ1) is 8.34. The summed E-state index contributed by atoms with van der Waals surface area (Å²) in [6.45, 7) is 1.13. The minimum Gasteiger partial charge on any atom is -0.497 e. The molecule has 0 saturated heterocycles.